The van der Waals surface area contributed by atoms with Crippen molar-refractivity contribution in [1.29, 1.82) is 0 Å². The van der Waals surface area contributed by atoms with Gasteiger partial charge in [-0.3, -0.25) is 4.57 Å². The molecule has 0 unspecified atom stereocenters. The number of rotatable bonds is 6. The molecule has 3 aromatic heterocycles. The Balaban J connectivity index is 1.39. The minimum atomic E-state index is -0.291. The fraction of sp³-hybridized carbons (Fsp3) is 0.222. The molecule has 0 amide bonds. The maximum absolute atomic E-state index is 14.2. The lowest BCUT2D eigenvalue weighted by molar-refractivity contribution is 0.391. The monoisotopic (exact) mass is 399 g/mol. The van der Waals surface area contributed by atoms with E-state index in [0.717, 1.165) is 22.9 Å². The van der Waals surface area contributed by atoms with Crippen molar-refractivity contribution in [2.45, 2.75) is 29.8 Å². The number of hydrogen-bond donors (Lipinski definition) is 0. The first-order valence-electron chi connectivity index (χ1n) is 8.48. The summed E-state index contributed by atoms with van der Waals surface area (Å²) >= 11 is 3.04. The lowest BCUT2D eigenvalue weighted by Gasteiger charge is -2.08. The first-order valence-corrected chi connectivity index (χ1v) is 10.3. The molecule has 1 fully saturated rings. The molecule has 4 aromatic rings. The van der Waals surface area contributed by atoms with E-state index in [1.54, 1.807) is 23.5 Å². The molecule has 1 aromatic carbocycles. The third kappa shape index (κ3) is 3.28. The number of thioether (sulfide) groups is 1. The number of aromatic nitrogens is 5. The van der Waals surface area contributed by atoms with E-state index in [1.807, 2.05) is 28.1 Å². The number of nitrogens with zero attached hydrogens (tertiary/aromatic N) is 5. The van der Waals surface area contributed by atoms with Gasteiger partial charge in [0, 0.05) is 6.04 Å². The molecule has 6 nitrogen and oxygen atoms in total. The van der Waals surface area contributed by atoms with Gasteiger partial charge in [0.15, 0.2) is 11.0 Å². The molecule has 0 spiro atoms. The SMILES string of the molecule is Fc1ccccc1-c1nnc(SCc2nc(-c3cccs3)no2)n1C1CC1. The van der Waals surface area contributed by atoms with Gasteiger partial charge in [0.2, 0.25) is 11.7 Å². The standard InChI is InChI=1S/C18H14FN5OS2/c19-13-5-2-1-4-12(13)17-21-22-18(24(17)11-7-8-11)27-10-15-20-16(23-25-15)14-6-3-9-26-14/h1-6,9,11H,7-8,10H2. The summed E-state index contributed by atoms with van der Waals surface area (Å²) < 4.78 is 21.6. The van der Waals surface area contributed by atoms with E-state index in [4.69, 9.17) is 4.52 Å². The third-order valence-corrected chi connectivity index (χ3v) is 6.02. The number of halogens is 1. The van der Waals surface area contributed by atoms with Crippen molar-refractivity contribution in [2.24, 2.45) is 0 Å². The van der Waals surface area contributed by atoms with Gasteiger partial charge in [-0.15, -0.1) is 21.5 Å². The molecule has 0 bridgehead atoms. The molecular formula is C18H14FN5OS2. The molecule has 0 radical (unpaired) electrons. The largest absolute Gasteiger partial charge is 0.338 e. The molecule has 136 valence electrons. The van der Waals surface area contributed by atoms with Gasteiger partial charge in [-0.2, -0.15) is 4.98 Å². The Morgan fingerprint density at radius 3 is 2.85 bits per heavy atom. The summed E-state index contributed by atoms with van der Waals surface area (Å²) in [5.74, 6) is 1.89. The highest BCUT2D eigenvalue weighted by atomic mass is 32.2. The van der Waals surface area contributed by atoms with Crippen LogP contribution >= 0.6 is 23.1 Å². The molecule has 1 aliphatic rings. The Labute approximate surface area is 162 Å². The van der Waals surface area contributed by atoms with Gasteiger partial charge >= 0.3 is 0 Å². The number of benzene rings is 1. The Morgan fingerprint density at radius 2 is 2.07 bits per heavy atom. The highest BCUT2D eigenvalue weighted by Gasteiger charge is 2.31. The quantitative estimate of drug-likeness (QED) is 0.433. The van der Waals surface area contributed by atoms with Gasteiger partial charge < -0.3 is 4.52 Å². The van der Waals surface area contributed by atoms with E-state index in [-0.39, 0.29) is 5.82 Å². The predicted molar refractivity (Wildman–Crippen MR) is 101 cm³/mol. The van der Waals surface area contributed by atoms with Crippen LogP contribution in [0.2, 0.25) is 0 Å². The molecule has 0 atom stereocenters. The van der Waals surface area contributed by atoms with Crippen LogP contribution in [0.4, 0.5) is 4.39 Å². The fourth-order valence-corrected chi connectivity index (χ4v) is 4.30. The molecule has 1 aliphatic carbocycles. The average Bonchev–Trinajstić information content (AvgIpc) is 3.10. The zero-order chi connectivity index (χ0) is 18.2. The van der Waals surface area contributed by atoms with Crippen LogP contribution in [0.15, 0.2) is 51.5 Å². The molecule has 5 rings (SSSR count). The third-order valence-electron chi connectivity index (χ3n) is 4.23. The van der Waals surface area contributed by atoms with Crippen LogP contribution in [0, 0.1) is 5.82 Å². The molecule has 27 heavy (non-hydrogen) atoms. The van der Waals surface area contributed by atoms with Gasteiger partial charge in [-0.1, -0.05) is 35.1 Å². The number of thiophene rings is 1. The molecule has 3 heterocycles. The molecule has 0 N–H and O–H groups in total. The summed E-state index contributed by atoms with van der Waals surface area (Å²) in [6.07, 6.45) is 2.10. The van der Waals surface area contributed by atoms with E-state index in [0.29, 0.717) is 34.9 Å². The van der Waals surface area contributed by atoms with Gasteiger partial charge in [0.05, 0.1) is 16.2 Å². The topological polar surface area (TPSA) is 69.6 Å². The van der Waals surface area contributed by atoms with Crippen molar-refractivity contribution in [1.82, 2.24) is 24.9 Å². The average molecular weight is 399 g/mol. The van der Waals surface area contributed by atoms with E-state index < -0.39 is 0 Å². The normalized spacial score (nSPS) is 14.0. The maximum Gasteiger partial charge on any atom is 0.237 e. The Bertz CT molecular complexity index is 1070. The maximum atomic E-state index is 14.2. The zero-order valence-electron chi connectivity index (χ0n) is 14.1. The van der Waals surface area contributed by atoms with Crippen molar-refractivity contribution in [3.63, 3.8) is 0 Å². The Hall–Kier alpha value is -2.52. The smallest absolute Gasteiger partial charge is 0.237 e. The summed E-state index contributed by atoms with van der Waals surface area (Å²) in [7, 11) is 0. The summed E-state index contributed by atoms with van der Waals surface area (Å²) in [4.78, 5) is 5.40. The minimum absolute atomic E-state index is 0.291. The Morgan fingerprint density at radius 1 is 1.19 bits per heavy atom. The number of hydrogen-bond acceptors (Lipinski definition) is 7. The van der Waals surface area contributed by atoms with Crippen LogP contribution in [-0.2, 0) is 5.75 Å². The Kier molecular flexibility index (Phi) is 4.25. The van der Waals surface area contributed by atoms with Crippen LogP contribution in [0.3, 0.4) is 0 Å². The first kappa shape index (κ1) is 16.6. The second-order valence-electron chi connectivity index (χ2n) is 6.16. The van der Waals surface area contributed by atoms with E-state index in [2.05, 4.69) is 20.3 Å². The van der Waals surface area contributed by atoms with Crippen molar-refractivity contribution < 1.29 is 8.91 Å². The van der Waals surface area contributed by atoms with Gasteiger partial charge in [0.25, 0.3) is 0 Å². The van der Waals surface area contributed by atoms with Crippen molar-refractivity contribution in [3.8, 4) is 22.1 Å². The lowest BCUT2D eigenvalue weighted by atomic mass is 10.2. The van der Waals surface area contributed by atoms with Crippen molar-refractivity contribution >= 4 is 23.1 Å². The molecule has 9 heteroatoms. The van der Waals surface area contributed by atoms with Gasteiger partial charge in [0.1, 0.15) is 5.82 Å². The molecule has 0 aliphatic heterocycles. The van der Waals surface area contributed by atoms with E-state index in [1.165, 1.54) is 17.8 Å². The van der Waals surface area contributed by atoms with Crippen molar-refractivity contribution in [3.05, 3.63) is 53.5 Å². The molecule has 0 saturated heterocycles. The zero-order valence-corrected chi connectivity index (χ0v) is 15.7. The highest BCUT2D eigenvalue weighted by molar-refractivity contribution is 7.98. The lowest BCUT2D eigenvalue weighted by Crippen LogP contribution is -2.01. The second kappa shape index (κ2) is 6.90. The molecular weight excluding hydrogens is 385 g/mol. The minimum Gasteiger partial charge on any atom is -0.338 e. The summed E-state index contributed by atoms with van der Waals surface area (Å²) in [5.41, 5.74) is 0.474. The highest BCUT2D eigenvalue weighted by Crippen LogP contribution is 2.41. The van der Waals surface area contributed by atoms with Crippen molar-refractivity contribution in [2.75, 3.05) is 0 Å². The van der Waals surface area contributed by atoms with Crippen LogP contribution in [0.25, 0.3) is 22.1 Å². The van der Waals surface area contributed by atoms with Crippen LogP contribution in [0.5, 0.6) is 0 Å². The second-order valence-corrected chi connectivity index (χ2v) is 8.06. The van der Waals surface area contributed by atoms with E-state index >= 15 is 0 Å². The summed E-state index contributed by atoms with van der Waals surface area (Å²) in [5, 5.41) is 15.3. The molecule has 1 saturated carbocycles. The van der Waals surface area contributed by atoms with Crippen LogP contribution < -0.4 is 0 Å². The van der Waals surface area contributed by atoms with Gasteiger partial charge in [-0.05, 0) is 36.4 Å². The van der Waals surface area contributed by atoms with E-state index in [9.17, 15) is 4.39 Å². The first-order chi connectivity index (χ1) is 13.3. The summed E-state index contributed by atoms with van der Waals surface area (Å²) in [6.45, 7) is 0. The van der Waals surface area contributed by atoms with Gasteiger partial charge in [-0.25, -0.2) is 4.39 Å². The van der Waals surface area contributed by atoms with Crippen LogP contribution in [0.1, 0.15) is 24.8 Å². The predicted octanol–water partition coefficient (Wildman–Crippen LogP) is 4.82. The van der Waals surface area contributed by atoms with Crippen LogP contribution in [-0.4, -0.2) is 24.9 Å². The fourth-order valence-electron chi connectivity index (χ4n) is 2.81. The summed E-state index contributed by atoms with van der Waals surface area (Å²) in [6, 6.07) is 10.9.